The average molecular weight is 465 g/mol. The van der Waals surface area contributed by atoms with Gasteiger partial charge in [0.15, 0.2) is 6.10 Å². The van der Waals surface area contributed by atoms with Crippen LogP contribution in [0.1, 0.15) is 104 Å². The SMILES string of the molecule is CCCCCCCCCCCC(=O)NC(C(C)C)P(=O)(O)OC(CCCCN)C(=O)O. The molecule has 9 heteroatoms. The van der Waals surface area contributed by atoms with E-state index in [4.69, 9.17) is 10.3 Å². The second-order valence-corrected chi connectivity index (χ2v) is 10.5. The molecule has 0 radical (unpaired) electrons. The van der Waals surface area contributed by atoms with Crippen LogP contribution in [0.15, 0.2) is 0 Å². The lowest BCUT2D eigenvalue weighted by molar-refractivity contribution is -0.145. The average Bonchev–Trinajstić information content (AvgIpc) is 2.69. The first-order chi connectivity index (χ1) is 14.7. The Labute approximate surface area is 188 Å². The number of hydrogen-bond acceptors (Lipinski definition) is 5. The van der Waals surface area contributed by atoms with E-state index in [1.54, 1.807) is 13.8 Å². The third kappa shape index (κ3) is 14.7. The molecule has 0 spiro atoms. The number of carboxylic acid groups (broad SMARTS) is 1. The number of carbonyl (C=O) groups excluding carboxylic acids is 1. The van der Waals surface area contributed by atoms with Gasteiger partial charge >= 0.3 is 13.6 Å². The molecule has 184 valence electrons. The smallest absolute Gasteiger partial charge is 0.351 e. The summed E-state index contributed by atoms with van der Waals surface area (Å²) in [6.07, 6.45) is 10.3. The van der Waals surface area contributed by atoms with E-state index in [2.05, 4.69) is 12.2 Å². The molecule has 0 saturated carbocycles. The number of nitrogens with two attached hydrogens (primary N) is 1. The van der Waals surface area contributed by atoms with Gasteiger partial charge in [0.1, 0.15) is 5.78 Å². The first-order valence-electron chi connectivity index (χ1n) is 11.9. The topological polar surface area (TPSA) is 139 Å². The van der Waals surface area contributed by atoms with Gasteiger partial charge in [0.25, 0.3) is 0 Å². The monoisotopic (exact) mass is 464 g/mol. The van der Waals surface area contributed by atoms with Gasteiger partial charge in [0.05, 0.1) is 0 Å². The normalized spacial score (nSPS) is 15.4. The van der Waals surface area contributed by atoms with Crippen molar-refractivity contribution < 1.29 is 28.7 Å². The number of nitrogens with one attached hydrogen (secondary N) is 1. The van der Waals surface area contributed by atoms with Gasteiger partial charge in [0.2, 0.25) is 5.91 Å². The van der Waals surface area contributed by atoms with Crippen LogP contribution in [0.5, 0.6) is 0 Å². The van der Waals surface area contributed by atoms with Crippen molar-refractivity contribution in [2.24, 2.45) is 11.7 Å². The minimum atomic E-state index is -4.38. The Morgan fingerprint density at radius 2 is 1.52 bits per heavy atom. The van der Waals surface area contributed by atoms with Crippen LogP contribution < -0.4 is 11.1 Å². The molecule has 0 saturated heterocycles. The fourth-order valence-corrected chi connectivity index (χ4v) is 5.15. The number of rotatable bonds is 20. The molecule has 31 heavy (non-hydrogen) atoms. The number of unbranched alkanes of at least 4 members (excludes halogenated alkanes) is 9. The summed E-state index contributed by atoms with van der Waals surface area (Å²) in [5.41, 5.74) is 5.41. The van der Waals surface area contributed by atoms with Crippen molar-refractivity contribution in [1.82, 2.24) is 5.32 Å². The molecule has 3 unspecified atom stereocenters. The second-order valence-electron chi connectivity index (χ2n) is 8.62. The van der Waals surface area contributed by atoms with Crippen LogP contribution in [0.2, 0.25) is 0 Å². The maximum Gasteiger partial charge on any atom is 0.351 e. The third-order valence-corrected chi connectivity index (χ3v) is 7.26. The van der Waals surface area contributed by atoms with Crippen LogP contribution in [0.4, 0.5) is 0 Å². The summed E-state index contributed by atoms with van der Waals surface area (Å²) in [6.45, 7) is 6.00. The van der Waals surface area contributed by atoms with E-state index in [0.29, 0.717) is 19.4 Å². The van der Waals surface area contributed by atoms with Gasteiger partial charge in [-0.1, -0.05) is 72.1 Å². The Kier molecular flexibility index (Phi) is 17.0. The largest absolute Gasteiger partial charge is 0.479 e. The Hall–Kier alpha value is -0.950. The molecule has 0 heterocycles. The molecular formula is C22H45N2O6P. The van der Waals surface area contributed by atoms with Crippen LogP contribution in [0.3, 0.4) is 0 Å². The van der Waals surface area contributed by atoms with Crippen molar-refractivity contribution in [2.45, 2.75) is 116 Å². The first kappa shape index (κ1) is 30.0. The lowest BCUT2D eigenvalue weighted by atomic mass is 10.1. The summed E-state index contributed by atoms with van der Waals surface area (Å²) >= 11 is 0. The zero-order chi connectivity index (χ0) is 23.7. The lowest BCUT2D eigenvalue weighted by Crippen LogP contribution is -2.40. The second kappa shape index (κ2) is 17.6. The fourth-order valence-electron chi connectivity index (χ4n) is 3.40. The molecule has 0 aromatic rings. The zero-order valence-corrected chi connectivity index (χ0v) is 20.6. The van der Waals surface area contributed by atoms with Crippen molar-refractivity contribution in [2.75, 3.05) is 6.54 Å². The molecule has 0 aliphatic rings. The number of amides is 1. The summed E-state index contributed by atoms with van der Waals surface area (Å²) in [5, 5.41) is 11.9. The predicted octanol–water partition coefficient (Wildman–Crippen LogP) is 4.79. The maximum absolute atomic E-state index is 12.8. The molecule has 0 aliphatic heterocycles. The van der Waals surface area contributed by atoms with Gasteiger partial charge in [-0.05, 0) is 38.1 Å². The highest BCUT2D eigenvalue weighted by molar-refractivity contribution is 7.53. The van der Waals surface area contributed by atoms with Gasteiger partial charge in [-0.2, -0.15) is 0 Å². The Balaban J connectivity index is 4.49. The number of carboxylic acids is 1. The minimum absolute atomic E-state index is 0.0916. The molecule has 0 aromatic carbocycles. The van der Waals surface area contributed by atoms with Gasteiger partial charge in [-0.3, -0.25) is 13.9 Å². The van der Waals surface area contributed by atoms with Gasteiger partial charge in [0, 0.05) is 6.42 Å². The highest BCUT2D eigenvalue weighted by atomic mass is 31.2. The number of carbonyl (C=O) groups is 2. The molecule has 0 rings (SSSR count). The van der Waals surface area contributed by atoms with E-state index in [9.17, 15) is 24.2 Å². The summed E-state index contributed by atoms with van der Waals surface area (Å²) in [5.74, 6) is -3.14. The van der Waals surface area contributed by atoms with E-state index in [0.717, 1.165) is 19.3 Å². The van der Waals surface area contributed by atoms with Crippen LogP contribution in [-0.4, -0.2) is 40.3 Å². The van der Waals surface area contributed by atoms with E-state index < -0.39 is 25.5 Å². The summed E-state index contributed by atoms with van der Waals surface area (Å²) in [4.78, 5) is 34.2. The molecule has 5 N–H and O–H groups in total. The van der Waals surface area contributed by atoms with Crippen LogP contribution >= 0.6 is 7.60 Å². The molecule has 1 amide bonds. The summed E-state index contributed by atoms with van der Waals surface area (Å²) < 4.78 is 17.9. The van der Waals surface area contributed by atoms with Crippen molar-refractivity contribution in [3.63, 3.8) is 0 Å². The van der Waals surface area contributed by atoms with Crippen LogP contribution in [0, 0.1) is 5.92 Å². The molecule has 0 bridgehead atoms. The van der Waals surface area contributed by atoms with Gasteiger partial charge in [-0.25, -0.2) is 4.79 Å². The first-order valence-corrected chi connectivity index (χ1v) is 13.5. The quantitative estimate of drug-likeness (QED) is 0.150. The van der Waals surface area contributed by atoms with Crippen LogP contribution in [0.25, 0.3) is 0 Å². The molecule has 8 nitrogen and oxygen atoms in total. The summed E-state index contributed by atoms with van der Waals surface area (Å²) in [7, 11) is -4.38. The maximum atomic E-state index is 12.8. The summed E-state index contributed by atoms with van der Waals surface area (Å²) in [6, 6.07) is 0. The Morgan fingerprint density at radius 1 is 0.968 bits per heavy atom. The van der Waals surface area contributed by atoms with Crippen molar-refractivity contribution in [1.29, 1.82) is 0 Å². The number of hydrogen-bond donors (Lipinski definition) is 4. The predicted molar refractivity (Wildman–Crippen MR) is 124 cm³/mol. The standard InChI is InChI=1S/C22H45N2O6P/c1-4-5-6-7-8-9-10-11-12-16-20(25)24-21(18(2)3)31(28,29)30-19(22(26)27)15-13-14-17-23/h18-19,21H,4-17,23H2,1-3H3,(H,24,25)(H,26,27)(H,28,29). The van der Waals surface area contributed by atoms with Crippen LogP contribution in [-0.2, 0) is 18.7 Å². The minimum Gasteiger partial charge on any atom is -0.479 e. The molecular weight excluding hydrogens is 419 g/mol. The molecule has 0 aromatic heterocycles. The third-order valence-electron chi connectivity index (χ3n) is 5.27. The molecule has 0 fully saturated rings. The van der Waals surface area contributed by atoms with Gasteiger partial charge < -0.3 is 21.1 Å². The molecule has 3 atom stereocenters. The highest BCUT2D eigenvalue weighted by Gasteiger charge is 2.40. The Morgan fingerprint density at radius 3 is 2.00 bits per heavy atom. The van der Waals surface area contributed by atoms with E-state index in [-0.39, 0.29) is 24.7 Å². The van der Waals surface area contributed by atoms with E-state index in [1.165, 1.54) is 38.5 Å². The number of aliphatic carboxylic acids is 1. The van der Waals surface area contributed by atoms with Crippen molar-refractivity contribution in [3.05, 3.63) is 0 Å². The lowest BCUT2D eigenvalue weighted by Gasteiger charge is -2.28. The zero-order valence-electron chi connectivity index (χ0n) is 19.7. The van der Waals surface area contributed by atoms with E-state index >= 15 is 0 Å². The fraction of sp³-hybridized carbons (Fsp3) is 0.909. The van der Waals surface area contributed by atoms with Crippen molar-refractivity contribution >= 4 is 19.5 Å². The van der Waals surface area contributed by atoms with E-state index in [1.807, 2.05) is 0 Å². The Bertz CT molecular complexity index is 544. The van der Waals surface area contributed by atoms with Crippen molar-refractivity contribution in [3.8, 4) is 0 Å². The van der Waals surface area contributed by atoms with Gasteiger partial charge in [-0.15, -0.1) is 0 Å². The molecule has 0 aliphatic carbocycles. The highest BCUT2D eigenvalue weighted by Crippen LogP contribution is 2.50.